The predicted octanol–water partition coefficient (Wildman–Crippen LogP) is -1.08. The molecule has 4 heteroatoms. The molecule has 2 amide bonds. The number of amides is 2. The molecule has 0 aromatic rings. The minimum Gasteiger partial charge on any atom is -0.321 e. The maximum absolute atomic E-state index is 11.4. The summed E-state index contributed by atoms with van der Waals surface area (Å²) >= 11 is 0. The van der Waals surface area contributed by atoms with Crippen LogP contribution in [0.4, 0.5) is 0 Å². The van der Waals surface area contributed by atoms with Crippen LogP contribution in [-0.4, -0.2) is 47.8 Å². The van der Waals surface area contributed by atoms with E-state index < -0.39 is 0 Å². The Morgan fingerprint density at radius 1 is 1.00 bits per heavy atom. The molecular weight excluding hydrogens is 180 g/mol. The highest BCUT2D eigenvalue weighted by Crippen LogP contribution is 2.03. The average Bonchev–Trinajstić information content (AvgIpc) is 2.14. The normalized spacial score (nSPS) is 16.4. The molecule has 0 radical (unpaired) electrons. The lowest BCUT2D eigenvalue weighted by Crippen LogP contribution is -2.53. The minimum absolute atomic E-state index is 0.0325. The van der Waals surface area contributed by atoms with E-state index in [1.54, 1.807) is 0 Å². The van der Waals surface area contributed by atoms with Gasteiger partial charge in [-0.2, -0.15) is 0 Å². The molecule has 1 rings (SSSR count). The topological polar surface area (TPSA) is 40.6 Å². The highest BCUT2D eigenvalue weighted by atomic mass is 16.2. The Morgan fingerprint density at radius 3 is 1.64 bits per heavy atom. The van der Waals surface area contributed by atoms with E-state index in [1.807, 2.05) is 0 Å². The van der Waals surface area contributed by atoms with Gasteiger partial charge in [0.05, 0.1) is 13.1 Å². The molecule has 0 bridgehead atoms. The summed E-state index contributed by atoms with van der Waals surface area (Å²) in [6.45, 7) is 0.415. The number of carbonyl (C=O) groups excluding carboxylic acids is 2. The van der Waals surface area contributed by atoms with Gasteiger partial charge in [-0.1, -0.05) is 11.8 Å². The summed E-state index contributed by atoms with van der Waals surface area (Å²) < 4.78 is 0. The molecule has 1 heterocycles. The van der Waals surface area contributed by atoms with Gasteiger partial charge in [0.25, 0.3) is 0 Å². The molecule has 0 aliphatic carbocycles. The average molecular weight is 190 g/mol. The summed E-state index contributed by atoms with van der Waals surface area (Å²) in [4.78, 5) is 25.5. The van der Waals surface area contributed by atoms with Crippen molar-refractivity contribution in [1.29, 1.82) is 0 Å². The molecule has 0 N–H and O–H groups in total. The number of piperazine rings is 1. The zero-order chi connectivity index (χ0) is 10.6. The van der Waals surface area contributed by atoms with Crippen LogP contribution in [0.1, 0.15) is 0 Å². The first-order chi connectivity index (χ1) is 6.69. The lowest BCUT2D eigenvalue weighted by molar-refractivity contribution is -0.148. The van der Waals surface area contributed by atoms with Crippen molar-refractivity contribution in [2.24, 2.45) is 0 Å². The molecule has 0 saturated carbocycles. The molecule has 1 saturated heterocycles. The first kappa shape index (κ1) is 10.1. The highest BCUT2D eigenvalue weighted by molar-refractivity contribution is 5.92. The van der Waals surface area contributed by atoms with Crippen LogP contribution in [0.15, 0.2) is 0 Å². The van der Waals surface area contributed by atoms with Crippen molar-refractivity contribution in [3.8, 4) is 24.7 Å². The van der Waals surface area contributed by atoms with E-state index in [-0.39, 0.29) is 38.0 Å². The predicted molar refractivity (Wildman–Crippen MR) is 50.8 cm³/mol. The van der Waals surface area contributed by atoms with Crippen LogP contribution >= 0.6 is 0 Å². The maximum Gasteiger partial charge on any atom is 0.243 e. The maximum atomic E-state index is 11.4. The number of carbonyl (C=O) groups is 2. The van der Waals surface area contributed by atoms with E-state index in [2.05, 4.69) is 11.8 Å². The third-order valence-electron chi connectivity index (χ3n) is 1.92. The van der Waals surface area contributed by atoms with Crippen molar-refractivity contribution < 1.29 is 9.59 Å². The van der Waals surface area contributed by atoms with E-state index >= 15 is 0 Å². The Bertz CT molecular complexity index is 301. The SMILES string of the molecule is C#CCN1CC(=O)N(CC#C)CC1=O. The molecule has 0 aromatic heterocycles. The molecule has 0 atom stereocenters. The molecule has 1 fully saturated rings. The summed E-state index contributed by atoms with van der Waals surface area (Å²) in [7, 11) is 0. The molecule has 0 aromatic carbocycles. The second-order valence-electron chi connectivity index (χ2n) is 2.91. The first-order valence-corrected chi connectivity index (χ1v) is 4.11. The Morgan fingerprint density at radius 2 is 1.36 bits per heavy atom. The third kappa shape index (κ3) is 2.05. The van der Waals surface area contributed by atoms with Crippen LogP contribution in [0, 0.1) is 24.7 Å². The van der Waals surface area contributed by atoms with Gasteiger partial charge < -0.3 is 9.80 Å². The first-order valence-electron chi connectivity index (χ1n) is 4.11. The fourth-order valence-corrected chi connectivity index (χ4v) is 1.21. The third-order valence-corrected chi connectivity index (χ3v) is 1.92. The zero-order valence-corrected chi connectivity index (χ0v) is 7.69. The molecule has 0 unspecified atom stereocenters. The fraction of sp³-hybridized carbons (Fsp3) is 0.400. The molecule has 0 spiro atoms. The summed E-state index contributed by atoms with van der Waals surface area (Å²) in [5, 5.41) is 0. The molecule has 14 heavy (non-hydrogen) atoms. The number of nitrogens with zero attached hydrogens (tertiary/aromatic N) is 2. The Balaban J connectivity index is 2.64. The highest BCUT2D eigenvalue weighted by Gasteiger charge is 2.28. The van der Waals surface area contributed by atoms with Gasteiger partial charge in [-0.25, -0.2) is 0 Å². The largest absolute Gasteiger partial charge is 0.321 e. The van der Waals surface area contributed by atoms with Gasteiger partial charge in [-0.15, -0.1) is 12.8 Å². The minimum atomic E-state index is -0.155. The number of hydrogen-bond acceptors (Lipinski definition) is 2. The van der Waals surface area contributed by atoms with Crippen molar-refractivity contribution in [3.63, 3.8) is 0 Å². The van der Waals surface area contributed by atoms with Crippen molar-refractivity contribution >= 4 is 11.8 Å². The summed E-state index contributed by atoms with van der Waals surface area (Å²) in [5.74, 6) is 4.35. The summed E-state index contributed by atoms with van der Waals surface area (Å²) in [5.41, 5.74) is 0. The second kappa shape index (κ2) is 4.34. The van der Waals surface area contributed by atoms with Crippen LogP contribution in [0.2, 0.25) is 0 Å². The van der Waals surface area contributed by atoms with E-state index in [1.165, 1.54) is 9.80 Å². The number of rotatable bonds is 2. The summed E-state index contributed by atoms with van der Waals surface area (Å²) in [6.07, 6.45) is 10.1. The molecule has 1 aliphatic heterocycles. The Labute approximate surface area is 82.9 Å². The lowest BCUT2D eigenvalue weighted by Gasteiger charge is -2.31. The Hall–Kier alpha value is -1.94. The lowest BCUT2D eigenvalue weighted by atomic mass is 10.3. The Kier molecular flexibility index (Phi) is 3.14. The van der Waals surface area contributed by atoms with E-state index in [0.717, 1.165) is 0 Å². The van der Waals surface area contributed by atoms with Gasteiger partial charge in [0, 0.05) is 0 Å². The van der Waals surface area contributed by atoms with Crippen molar-refractivity contribution in [2.45, 2.75) is 0 Å². The van der Waals surface area contributed by atoms with Crippen molar-refractivity contribution in [1.82, 2.24) is 9.80 Å². The van der Waals surface area contributed by atoms with E-state index in [0.29, 0.717) is 0 Å². The second-order valence-corrected chi connectivity index (χ2v) is 2.91. The van der Waals surface area contributed by atoms with Crippen LogP contribution in [-0.2, 0) is 9.59 Å². The number of hydrogen-bond donors (Lipinski definition) is 0. The van der Waals surface area contributed by atoms with Crippen LogP contribution in [0.3, 0.4) is 0 Å². The molecule has 1 aliphatic rings. The van der Waals surface area contributed by atoms with Crippen molar-refractivity contribution in [3.05, 3.63) is 0 Å². The molecular formula is C10H10N2O2. The van der Waals surface area contributed by atoms with Crippen molar-refractivity contribution in [2.75, 3.05) is 26.2 Å². The standard InChI is InChI=1S/C10H10N2O2/c1-3-5-11-7-10(14)12(6-4-2)8-9(11)13/h1-2H,5-8H2. The smallest absolute Gasteiger partial charge is 0.243 e. The van der Waals surface area contributed by atoms with Crippen LogP contribution < -0.4 is 0 Å². The van der Waals surface area contributed by atoms with Gasteiger partial charge in [-0.3, -0.25) is 9.59 Å². The van der Waals surface area contributed by atoms with Crippen LogP contribution in [0.5, 0.6) is 0 Å². The molecule has 4 nitrogen and oxygen atoms in total. The monoisotopic (exact) mass is 190 g/mol. The van der Waals surface area contributed by atoms with Gasteiger partial charge in [-0.05, 0) is 0 Å². The van der Waals surface area contributed by atoms with Gasteiger partial charge in [0.15, 0.2) is 0 Å². The molecule has 72 valence electrons. The number of terminal acetylenes is 2. The van der Waals surface area contributed by atoms with Gasteiger partial charge >= 0.3 is 0 Å². The fourth-order valence-electron chi connectivity index (χ4n) is 1.21. The quantitative estimate of drug-likeness (QED) is 0.520. The van der Waals surface area contributed by atoms with Crippen LogP contribution in [0.25, 0.3) is 0 Å². The van der Waals surface area contributed by atoms with Gasteiger partial charge in [0.1, 0.15) is 13.1 Å². The van der Waals surface area contributed by atoms with E-state index in [9.17, 15) is 9.59 Å². The van der Waals surface area contributed by atoms with E-state index in [4.69, 9.17) is 12.8 Å². The summed E-state index contributed by atoms with van der Waals surface area (Å²) in [6, 6.07) is 0. The van der Waals surface area contributed by atoms with Gasteiger partial charge in [0.2, 0.25) is 11.8 Å². The zero-order valence-electron chi connectivity index (χ0n) is 7.69.